The van der Waals surface area contributed by atoms with E-state index in [1.54, 1.807) is 12.1 Å². The first-order valence-corrected chi connectivity index (χ1v) is 6.52. The summed E-state index contributed by atoms with van der Waals surface area (Å²) >= 11 is 0. The summed E-state index contributed by atoms with van der Waals surface area (Å²) in [7, 11) is 0. The van der Waals surface area contributed by atoms with Crippen LogP contribution in [0.3, 0.4) is 0 Å². The van der Waals surface area contributed by atoms with Crippen molar-refractivity contribution >= 4 is 5.69 Å². The number of hydrogen-bond acceptors (Lipinski definition) is 2. The molecular weight excluding hydrogens is 215 g/mol. The molecular formula is C14H21FN2. The molecule has 17 heavy (non-hydrogen) atoms. The minimum atomic E-state index is -0.190. The molecule has 0 aromatic heterocycles. The van der Waals surface area contributed by atoms with E-state index in [1.807, 2.05) is 0 Å². The van der Waals surface area contributed by atoms with Gasteiger partial charge in [0.25, 0.3) is 0 Å². The Kier molecular flexibility index (Phi) is 4.37. The van der Waals surface area contributed by atoms with Crippen LogP contribution < -0.4 is 5.73 Å². The Morgan fingerprint density at radius 1 is 1.12 bits per heavy atom. The van der Waals surface area contributed by atoms with E-state index in [0.717, 1.165) is 18.5 Å². The van der Waals surface area contributed by atoms with Gasteiger partial charge in [0.15, 0.2) is 0 Å². The van der Waals surface area contributed by atoms with Crippen LogP contribution in [0.15, 0.2) is 18.2 Å². The standard InChI is InChI=1S/C14H21FN2/c15-13-5-6-14(16)12(11-13)7-10-17-8-3-1-2-4-9-17/h5-6,11H,1-4,7-10,16H2. The van der Waals surface area contributed by atoms with E-state index in [-0.39, 0.29) is 5.82 Å². The molecule has 2 rings (SSSR count). The second-order valence-corrected chi connectivity index (χ2v) is 4.85. The molecule has 0 amide bonds. The summed E-state index contributed by atoms with van der Waals surface area (Å²) < 4.78 is 13.1. The van der Waals surface area contributed by atoms with Crippen LogP contribution >= 0.6 is 0 Å². The number of rotatable bonds is 3. The van der Waals surface area contributed by atoms with Crippen LogP contribution in [0.25, 0.3) is 0 Å². The largest absolute Gasteiger partial charge is 0.399 e. The summed E-state index contributed by atoms with van der Waals surface area (Å²) in [6.07, 6.45) is 6.12. The number of nitrogens with two attached hydrogens (primary N) is 1. The zero-order chi connectivity index (χ0) is 12.1. The maximum atomic E-state index is 13.1. The van der Waals surface area contributed by atoms with Gasteiger partial charge in [-0.2, -0.15) is 0 Å². The van der Waals surface area contributed by atoms with Gasteiger partial charge >= 0.3 is 0 Å². The van der Waals surface area contributed by atoms with Crippen molar-refractivity contribution in [2.24, 2.45) is 0 Å². The number of nitrogen functional groups attached to an aromatic ring is 1. The number of anilines is 1. The van der Waals surface area contributed by atoms with Crippen molar-refractivity contribution in [3.63, 3.8) is 0 Å². The number of hydrogen-bond donors (Lipinski definition) is 1. The maximum absolute atomic E-state index is 13.1. The third-order valence-corrected chi connectivity index (χ3v) is 3.50. The van der Waals surface area contributed by atoms with Gasteiger partial charge in [-0.15, -0.1) is 0 Å². The predicted octanol–water partition coefficient (Wildman–Crippen LogP) is 2.83. The highest BCUT2D eigenvalue weighted by Gasteiger charge is 2.09. The van der Waals surface area contributed by atoms with Gasteiger partial charge in [0.1, 0.15) is 5.82 Å². The number of likely N-dealkylation sites (tertiary alicyclic amines) is 1. The van der Waals surface area contributed by atoms with Gasteiger partial charge in [0.05, 0.1) is 0 Å². The van der Waals surface area contributed by atoms with Gasteiger partial charge in [-0.1, -0.05) is 12.8 Å². The highest BCUT2D eigenvalue weighted by Crippen LogP contribution is 2.16. The van der Waals surface area contributed by atoms with Crippen molar-refractivity contribution in [3.05, 3.63) is 29.6 Å². The minimum absolute atomic E-state index is 0.190. The third kappa shape index (κ3) is 3.70. The monoisotopic (exact) mass is 236 g/mol. The maximum Gasteiger partial charge on any atom is 0.123 e. The number of halogens is 1. The molecule has 1 saturated heterocycles. The zero-order valence-electron chi connectivity index (χ0n) is 10.3. The van der Waals surface area contributed by atoms with Crippen LogP contribution in [0.5, 0.6) is 0 Å². The van der Waals surface area contributed by atoms with Gasteiger partial charge in [-0.05, 0) is 56.1 Å². The van der Waals surface area contributed by atoms with E-state index in [4.69, 9.17) is 5.73 Å². The number of nitrogens with zero attached hydrogens (tertiary/aromatic N) is 1. The van der Waals surface area contributed by atoms with E-state index in [1.165, 1.54) is 44.8 Å². The molecule has 1 aromatic carbocycles. The summed E-state index contributed by atoms with van der Waals surface area (Å²) in [4.78, 5) is 2.47. The first-order chi connectivity index (χ1) is 8.25. The predicted molar refractivity (Wildman–Crippen MR) is 69.4 cm³/mol. The molecule has 3 heteroatoms. The molecule has 1 heterocycles. The minimum Gasteiger partial charge on any atom is -0.399 e. The summed E-state index contributed by atoms with van der Waals surface area (Å²) in [5.41, 5.74) is 7.50. The SMILES string of the molecule is Nc1ccc(F)cc1CCN1CCCCCC1. The molecule has 1 aromatic rings. The Hall–Kier alpha value is -1.09. The lowest BCUT2D eigenvalue weighted by molar-refractivity contribution is 0.289. The topological polar surface area (TPSA) is 29.3 Å². The normalized spacial score (nSPS) is 17.9. The summed E-state index contributed by atoms with van der Waals surface area (Å²) in [5.74, 6) is -0.190. The second kappa shape index (κ2) is 6.01. The van der Waals surface area contributed by atoms with Gasteiger partial charge in [-0.25, -0.2) is 4.39 Å². The van der Waals surface area contributed by atoms with Crippen molar-refractivity contribution in [1.82, 2.24) is 4.90 Å². The molecule has 0 atom stereocenters. The van der Waals surface area contributed by atoms with Gasteiger partial charge in [-0.3, -0.25) is 0 Å². The fourth-order valence-corrected chi connectivity index (χ4v) is 2.43. The van der Waals surface area contributed by atoms with Crippen molar-refractivity contribution in [2.45, 2.75) is 32.1 Å². The van der Waals surface area contributed by atoms with Gasteiger partial charge < -0.3 is 10.6 Å². The Labute approximate surface area is 103 Å². The van der Waals surface area contributed by atoms with E-state index in [2.05, 4.69) is 4.90 Å². The summed E-state index contributed by atoms with van der Waals surface area (Å²) in [6, 6.07) is 4.64. The Bertz CT molecular complexity index is 357. The van der Waals surface area contributed by atoms with Crippen LogP contribution in [0.4, 0.5) is 10.1 Å². The van der Waals surface area contributed by atoms with Crippen molar-refractivity contribution < 1.29 is 4.39 Å². The highest BCUT2D eigenvalue weighted by atomic mass is 19.1. The molecule has 1 aliphatic rings. The first-order valence-electron chi connectivity index (χ1n) is 6.52. The Balaban J connectivity index is 1.89. The van der Waals surface area contributed by atoms with E-state index in [0.29, 0.717) is 5.69 Å². The van der Waals surface area contributed by atoms with E-state index >= 15 is 0 Å². The van der Waals surface area contributed by atoms with E-state index < -0.39 is 0 Å². The van der Waals surface area contributed by atoms with Crippen LogP contribution in [-0.4, -0.2) is 24.5 Å². The molecule has 0 bridgehead atoms. The van der Waals surface area contributed by atoms with Crippen LogP contribution in [0, 0.1) is 5.82 Å². The van der Waals surface area contributed by atoms with Crippen molar-refractivity contribution in [3.8, 4) is 0 Å². The molecule has 94 valence electrons. The Morgan fingerprint density at radius 3 is 2.53 bits per heavy atom. The summed E-state index contributed by atoms with van der Waals surface area (Å²) in [5, 5.41) is 0. The third-order valence-electron chi connectivity index (χ3n) is 3.50. The molecule has 0 saturated carbocycles. The number of benzene rings is 1. The average Bonchev–Trinajstić information content (AvgIpc) is 2.59. The first kappa shape index (κ1) is 12.4. The van der Waals surface area contributed by atoms with Crippen LogP contribution in [0.2, 0.25) is 0 Å². The van der Waals surface area contributed by atoms with E-state index in [9.17, 15) is 4.39 Å². The lowest BCUT2D eigenvalue weighted by Gasteiger charge is -2.20. The molecule has 0 unspecified atom stereocenters. The van der Waals surface area contributed by atoms with Crippen LogP contribution in [0.1, 0.15) is 31.2 Å². The summed E-state index contributed by atoms with van der Waals surface area (Å²) in [6.45, 7) is 3.35. The quantitative estimate of drug-likeness (QED) is 0.818. The Morgan fingerprint density at radius 2 is 1.82 bits per heavy atom. The molecule has 1 aliphatic heterocycles. The highest BCUT2D eigenvalue weighted by molar-refractivity contribution is 5.46. The molecule has 1 fully saturated rings. The fraction of sp³-hybridized carbons (Fsp3) is 0.571. The average molecular weight is 236 g/mol. The van der Waals surface area contributed by atoms with Crippen molar-refractivity contribution in [1.29, 1.82) is 0 Å². The molecule has 0 spiro atoms. The lowest BCUT2D eigenvalue weighted by Crippen LogP contribution is -2.27. The molecule has 0 aliphatic carbocycles. The molecule has 2 nitrogen and oxygen atoms in total. The molecule has 2 N–H and O–H groups in total. The fourth-order valence-electron chi connectivity index (χ4n) is 2.43. The zero-order valence-corrected chi connectivity index (χ0v) is 10.3. The lowest BCUT2D eigenvalue weighted by atomic mass is 10.1. The van der Waals surface area contributed by atoms with Crippen LogP contribution in [-0.2, 0) is 6.42 Å². The van der Waals surface area contributed by atoms with Crippen molar-refractivity contribution in [2.75, 3.05) is 25.4 Å². The second-order valence-electron chi connectivity index (χ2n) is 4.85. The smallest absolute Gasteiger partial charge is 0.123 e. The van der Waals surface area contributed by atoms with Gasteiger partial charge in [0, 0.05) is 12.2 Å². The molecule has 0 radical (unpaired) electrons. The van der Waals surface area contributed by atoms with Gasteiger partial charge in [0.2, 0.25) is 0 Å².